The second-order valence-corrected chi connectivity index (χ2v) is 4.84. The van der Waals surface area contributed by atoms with Crippen LogP contribution in [0.4, 0.5) is 10.2 Å². The lowest BCUT2D eigenvalue weighted by molar-refractivity contribution is 0.582. The summed E-state index contributed by atoms with van der Waals surface area (Å²) in [6.45, 7) is 0. The van der Waals surface area contributed by atoms with Gasteiger partial charge in [-0.3, -0.25) is 5.10 Å². The number of aromatic amines is 1. The molecule has 0 aliphatic heterocycles. The number of H-pyrrole nitrogens is 1. The van der Waals surface area contributed by atoms with Crippen LogP contribution >= 0.6 is 23.2 Å². The molecule has 0 radical (unpaired) electrons. The molecule has 0 amide bonds. The third kappa shape index (κ3) is 2.05. The van der Waals surface area contributed by atoms with Crippen molar-refractivity contribution in [2.24, 2.45) is 0 Å². The summed E-state index contributed by atoms with van der Waals surface area (Å²) in [6, 6.07) is 7.87. The molecule has 7 heteroatoms. The summed E-state index contributed by atoms with van der Waals surface area (Å²) in [5.74, 6) is -0.0107. The zero-order valence-corrected chi connectivity index (χ0v) is 11.5. The Morgan fingerprint density at radius 1 is 1.20 bits per heavy atom. The molecule has 102 valence electrons. The first-order valence-corrected chi connectivity index (χ1v) is 6.37. The summed E-state index contributed by atoms with van der Waals surface area (Å²) in [5.41, 5.74) is 6.88. The molecule has 2 heterocycles. The standard InChI is InChI=1S/C13H8Cl2FN3O/c14-7-3-1-2-6(11(7)16)10-12(18-19-13(10)17)8-4-5-9(15)20-8/h1-5H,(H3,17,18,19). The number of furan rings is 1. The van der Waals surface area contributed by atoms with Crippen LogP contribution in [0.2, 0.25) is 10.2 Å². The number of nitrogens with one attached hydrogen (secondary N) is 1. The highest BCUT2D eigenvalue weighted by Gasteiger charge is 2.21. The molecule has 2 aromatic heterocycles. The number of hydrogen-bond acceptors (Lipinski definition) is 3. The number of nitrogens with two attached hydrogens (primary N) is 1. The van der Waals surface area contributed by atoms with Gasteiger partial charge in [0, 0.05) is 5.56 Å². The van der Waals surface area contributed by atoms with Gasteiger partial charge in [-0.1, -0.05) is 23.7 Å². The van der Waals surface area contributed by atoms with Crippen molar-refractivity contribution in [1.82, 2.24) is 10.2 Å². The Morgan fingerprint density at radius 3 is 2.70 bits per heavy atom. The van der Waals surface area contributed by atoms with E-state index in [1.165, 1.54) is 6.07 Å². The smallest absolute Gasteiger partial charge is 0.194 e. The summed E-state index contributed by atoms with van der Waals surface area (Å²) in [4.78, 5) is 0. The average Bonchev–Trinajstić information content (AvgIpc) is 2.99. The fourth-order valence-electron chi connectivity index (χ4n) is 1.95. The summed E-state index contributed by atoms with van der Waals surface area (Å²) in [6.07, 6.45) is 0. The fourth-order valence-corrected chi connectivity index (χ4v) is 2.27. The van der Waals surface area contributed by atoms with Crippen molar-refractivity contribution in [3.63, 3.8) is 0 Å². The van der Waals surface area contributed by atoms with Gasteiger partial charge in [0.25, 0.3) is 0 Å². The van der Waals surface area contributed by atoms with Crippen molar-refractivity contribution in [2.45, 2.75) is 0 Å². The third-order valence-electron chi connectivity index (χ3n) is 2.83. The van der Waals surface area contributed by atoms with E-state index in [0.29, 0.717) is 17.0 Å². The highest BCUT2D eigenvalue weighted by molar-refractivity contribution is 6.31. The predicted molar refractivity (Wildman–Crippen MR) is 76.1 cm³/mol. The molecular formula is C13H8Cl2FN3O. The highest BCUT2D eigenvalue weighted by atomic mass is 35.5. The lowest BCUT2D eigenvalue weighted by Crippen LogP contribution is -1.92. The van der Waals surface area contributed by atoms with E-state index >= 15 is 0 Å². The van der Waals surface area contributed by atoms with Crippen molar-refractivity contribution in [1.29, 1.82) is 0 Å². The molecule has 0 aliphatic carbocycles. The largest absolute Gasteiger partial charge is 0.443 e. The van der Waals surface area contributed by atoms with Gasteiger partial charge in [0.1, 0.15) is 11.5 Å². The van der Waals surface area contributed by atoms with E-state index in [-0.39, 0.29) is 21.6 Å². The van der Waals surface area contributed by atoms with Gasteiger partial charge >= 0.3 is 0 Å². The van der Waals surface area contributed by atoms with Crippen LogP contribution in [0, 0.1) is 5.82 Å². The van der Waals surface area contributed by atoms with E-state index in [1.807, 2.05) is 0 Å². The number of nitrogens with zero attached hydrogens (tertiary/aromatic N) is 1. The Balaban J connectivity index is 2.24. The lowest BCUT2D eigenvalue weighted by Gasteiger charge is -2.05. The number of aromatic nitrogens is 2. The number of hydrogen-bond donors (Lipinski definition) is 2. The van der Waals surface area contributed by atoms with Gasteiger partial charge in [-0.05, 0) is 29.8 Å². The first kappa shape index (κ1) is 13.0. The van der Waals surface area contributed by atoms with Crippen LogP contribution in [0.15, 0.2) is 34.7 Å². The Bertz CT molecular complexity index is 782. The molecular weight excluding hydrogens is 304 g/mol. The first-order chi connectivity index (χ1) is 9.58. The molecule has 0 fully saturated rings. The maximum atomic E-state index is 14.2. The van der Waals surface area contributed by atoms with E-state index in [1.54, 1.807) is 24.3 Å². The molecule has 3 aromatic rings. The summed E-state index contributed by atoms with van der Waals surface area (Å²) < 4.78 is 19.5. The van der Waals surface area contributed by atoms with Crippen molar-refractivity contribution in [3.05, 3.63) is 46.4 Å². The van der Waals surface area contributed by atoms with Crippen LogP contribution < -0.4 is 5.73 Å². The van der Waals surface area contributed by atoms with Gasteiger partial charge in [-0.2, -0.15) is 5.10 Å². The fraction of sp³-hybridized carbons (Fsp3) is 0. The average molecular weight is 312 g/mol. The minimum Gasteiger partial charge on any atom is -0.443 e. The van der Waals surface area contributed by atoms with Gasteiger partial charge in [0.2, 0.25) is 0 Å². The van der Waals surface area contributed by atoms with Gasteiger partial charge < -0.3 is 10.2 Å². The van der Waals surface area contributed by atoms with Gasteiger partial charge in [-0.15, -0.1) is 0 Å². The van der Waals surface area contributed by atoms with Crippen LogP contribution in [0.1, 0.15) is 0 Å². The van der Waals surface area contributed by atoms with Crippen molar-refractivity contribution in [3.8, 4) is 22.6 Å². The lowest BCUT2D eigenvalue weighted by atomic mass is 10.0. The molecule has 1 aromatic carbocycles. The Morgan fingerprint density at radius 2 is 2.00 bits per heavy atom. The second kappa shape index (κ2) is 4.85. The molecule has 0 bridgehead atoms. The van der Waals surface area contributed by atoms with E-state index in [2.05, 4.69) is 10.2 Å². The normalized spacial score (nSPS) is 10.9. The van der Waals surface area contributed by atoms with Crippen LogP contribution in [0.5, 0.6) is 0 Å². The molecule has 0 saturated heterocycles. The molecule has 0 unspecified atom stereocenters. The summed E-state index contributed by atoms with van der Waals surface area (Å²) >= 11 is 11.5. The van der Waals surface area contributed by atoms with Crippen molar-refractivity contribution < 1.29 is 8.81 Å². The topological polar surface area (TPSA) is 67.8 Å². The Hall–Kier alpha value is -1.98. The quantitative estimate of drug-likeness (QED) is 0.738. The van der Waals surface area contributed by atoms with Crippen LogP contribution in [0.3, 0.4) is 0 Å². The SMILES string of the molecule is Nc1n[nH]c(-c2ccc(Cl)o2)c1-c1cccc(Cl)c1F. The van der Waals surface area contributed by atoms with E-state index in [0.717, 1.165) is 0 Å². The molecule has 0 saturated carbocycles. The minimum absolute atomic E-state index is 0.00604. The molecule has 4 nitrogen and oxygen atoms in total. The van der Waals surface area contributed by atoms with Crippen LogP contribution in [-0.4, -0.2) is 10.2 Å². The van der Waals surface area contributed by atoms with Crippen LogP contribution in [-0.2, 0) is 0 Å². The molecule has 20 heavy (non-hydrogen) atoms. The van der Waals surface area contributed by atoms with E-state index in [4.69, 9.17) is 33.4 Å². The predicted octanol–water partition coefficient (Wildman–Crippen LogP) is 4.36. The molecule has 3 N–H and O–H groups in total. The Labute approximate surface area is 123 Å². The van der Waals surface area contributed by atoms with Gasteiger partial charge in [0.15, 0.2) is 16.8 Å². The maximum Gasteiger partial charge on any atom is 0.194 e. The Kier molecular flexibility index (Phi) is 3.16. The molecule has 0 atom stereocenters. The number of nitrogen functional groups attached to an aromatic ring is 1. The third-order valence-corrected chi connectivity index (χ3v) is 3.33. The summed E-state index contributed by atoms with van der Waals surface area (Å²) in [7, 11) is 0. The van der Waals surface area contributed by atoms with Crippen LogP contribution in [0.25, 0.3) is 22.6 Å². The molecule has 0 aliphatic rings. The van der Waals surface area contributed by atoms with Crippen molar-refractivity contribution >= 4 is 29.0 Å². The zero-order chi connectivity index (χ0) is 14.3. The molecule has 3 rings (SSSR count). The highest BCUT2D eigenvalue weighted by Crippen LogP contribution is 2.38. The second-order valence-electron chi connectivity index (χ2n) is 4.06. The zero-order valence-electron chi connectivity index (χ0n) is 9.95. The van der Waals surface area contributed by atoms with Crippen molar-refractivity contribution in [2.75, 3.05) is 5.73 Å². The number of benzene rings is 1. The minimum atomic E-state index is -0.568. The number of rotatable bonds is 2. The van der Waals surface area contributed by atoms with E-state index in [9.17, 15) is 4.39 Å². The first-order valence-electron chi connectivity index (χ1n) is 5.62. The number of anilines is 1. The number of halogens is 3. The molecule has 0 spiro atoms. The maximum absolute atomic E-state index is 14.2. The summed E-state index contributed by atoms with van der Waals surface area (Å²) in [5, 5.41) is 6.82. The van der Waals surface area contributed by atoms with E-state index < -0.39 is 5.82 Å². The van der Waals surface area contributed by atoms with Gasteiger partial charge in [0.05, 0.1) is 10.6 Å². The van der Waals surface area contributed by atoms with Gasteiger partial charge in [-0.25, -0.2) is 4.39 Å². The monoisotopic (exact) mass is 311 g/mol.